The van der Waals surface area contributed by atoms with Gasteiger partial charge in [-0.25, -0.2) is 9.97 Å². The average molecular weight is 645 g/mol. The second kappa shape index (κ2) is 12.1. The summed E-state index contributed by atoms with van der Waals surface area (Å²) in [6.07, 6.45) is 2.56. The molecule has 2 atom stereocenters. The third kappa shape index (κ3) is 6.19. The van der Waals surface area contributed by atoms with Gasteiger partial charge >= 0.3 is 0 Å². The summed E-state index contributed by atoms with van der Waals surface area (Å²) in [5.41, 5.74) is 4.25. The van der Waals surface area contributed by atoms with Crippen LogP contribution in [0.3, 0.4) is 0 Å². The molecule has 2 N–H and O–H groups in total. The molecule has 7 rings (SSSR count). The summed E-state index contributed by atoms with van der Waals surface area (Å²) in [7, 11) is 0. The number of thiophene rings is 2. The van der Waals surface area contributed by atoms with Crippen molar-refractivity contribution >= 4 is 56.3 Å². The van der Waals surface area contributed by atoms with E-state index in [1.54, 1.807) is 22.7 Å². The molecule has 6 aromatic rings. The van der Waals surface area contributed by atoms with E-state index in [4.69, 9.17) is 9.97 Å². The molecule has 0 saturated heterocycles. The first-order chi connectivity index (χ1) is 22.2. The van der Waals surface area contributed by atoms with Crippen molar-refractivity contribution in [3.8, 4) is 21.1 Å². The number of para-hydroxylation sites is 2. The van der Waals surface area contributed by atoms with Crippen molar-refractivity contribution < 1.29 is 9.59 Å². The summed E-state index contributed by atoms with van der Waals surface area (Å²) in [6, 6.07) is 27.5. The first-order valence-electron chi connectivity index (χ1n) is 15.6. The van der Waals surface area contributed by atoms with Crippen LogP contribution in [-0.4, -0.2) is 34.4 Å². The molecule has 0 aliphatic heterocycles. The van der Waals surface area contributed by atoms with Gasteiger partial charge in [-0.15, -0.1) is 22.7 Å². The van der Waals surface area contributed by atoms with Gasteiger partial charge in [0.15, 0.2) is 0 Å². The molecule has 6 nitrogen and oxygen atoms in total. The van der Waals surface area contributed by atoms with Gasteiger partial charge in [0.05, 0.1) is 43.3 Å². The molecule has 1 aliphatic carbocycles. The van der Waals surface area contributed by atoms with Crippen LogP contribution in [-0.2, 0) is 0 Å². The molecule has 0 bridgehead atoms. The molecule has 1 saturated carbocycles. The first kappa shape index (κ1) is 30.3. The highest BCUT2D eigenvalue weighted by Crippen LogP contribution is 2.46. The lowest BCUT2D eigenvalue weighted by molar-refractivity contribution is 0.0593. The smallest absolute Gasteiger partial charge is 0.252 e. The van der Waals surface area contributed by atoms with Crippen LogP contribution in [0.5, 0.6) is 0 Å². The van der Waals surface area contributed by atoms with Crippen LogP contribution in [0.1, 0.15) is 60.7 Å². The van der Waals surface area contributed by atoms with Crippen molar-refractivity contribution in [3.63, 3.8) is 0 Å². The van der Waals surface area contributed by atoms with Crippen LogP contribution in [0.2, 0.25) is 0 Å². The molecule has 46 heavy (non-hydrogen) atoms. The number of nitrogens with one attached hydrogen (secondary N) is 2. The Labute approximate surface area is 276 Å². The Balaban J connectivity index is 1.12. The normalized spacial score (nSPS) is 19.2. The Morgan fingerprint density at radius 2 is 1.28 bits per heavy atom. The van der Waals surface area contributed by atoms with Gasteiger partial charge in [0.25, 0.3) is 11.8 Å². The van der Waals surface area contributed by atoms with E-state index >= 15 is 0 Å². The standard InChI is InChI=1S/C38H36N4O2S2/c1-37(2)20-24(40-36(44)28-19-32(34-15-9-17-46-34)42-30-13-7-5-11-26(28)30)21-38(3,22-37)23-39-35(43)27-18-31(33-14-8-16-45-33)41-29-12-6-4-10-25(27)29/h4-19,24H,20-23H2,1-3H3,(H,39,43)(H,40,44). The Kier molecular flexibility index (Phi) is 7.95. The fourth-order valence-corrected chi connectivity index (χ4v) is 8.72. The lowest BCUT2D eigenvalue weighted by Crippen LogP contribution is -2.50. The zero-order chi connectivity index (χ0) is 31.9. The second-order valence-electron chi connectivity index (χ2n) is 13.5. The van der Waals surface area contributed by atoms with E-state index in [1.807, 2.05) is 95.7 Å². The van der Waals surface area contributed by atoms with Gasteiger partial charge in [-0.05, 0) is 77.3 Å². The predicted molar refractivity (Wildman–Crippen MR) is 189 cm³/mol. The summed E-state index contributed by atoms with van der Waals surface area (Å²) < 4.78 is 0. The number of nitrogens with zero attached hydrogens (tertiary/aromatic N) is 2. The molecule has 2 aromatic carbocycles. The van der Waals surface area contributed by atoms with Gasteiger partial charge in [0, 0.05) is 23.4 Å². The molecule has 1 aliphatic rings. The zero-order valence-corrected chi connectivity index (χ0v) is 27.8. The number of amides is 2. The molecule has 0 spiro atoms. The van der Waals surface area contributed by atoms with Crippen molar-refractivity contribution in [2.75, 3.05) is 6.54 Å². The number of fused-ring (bicyclic) bond motifs is 2. The number of carbonyl (C=O) groups is 2. The van der Waals surface area contributed by atoms with Crippen LogP contribution >= 0.6 is 22.7 Å². The van der Waals surface area contributed by atoms with E-state index in [9.17, 15) is 9.59 Å². The van der Waals surface area contributed by atoms with Gasteiger partial charge in [-0.2, -0.15) is 0 Å². The number of aromatic nitrogens is 2. The fraction of sp³-hybridized carbons (Fsp3) is 0.263. The molecular weight excluding hydrogens is 609 g/mol. The Bertz CT molecular complexity index is 2050. The molecule has 8 heteroatoms. The Hall–Kier alpha value is -4.40. The van der Waals surface area contributed by atoms with Crippen molar-refractivity contribution in [1.82, 2.24) is 20.6 Å². The van der Waals surface area contributed by atoms with E-state index in [-0.39, 0.29) is 28.7 Å². The SMILES string of the molecule is CC1(C)CC(NC(=O)c2cc(-c3cccs3)nc3ccccc23)CC(C)(CNC(=O)c2cc(-c3cccs3)nc3ccccc23)C1. The number of hydrogen-bond acceptors (Lipinski definition) is 6. The molecule has 0 radical (unpaired) electrons. The van der Waals surface area contributed by atoms with Gasteiger partial charge in [-0.3, -0.25) is 9.59 Å². The van der Waals surface area contributed by atoms with Gasteiger partial charge in [0.2, 0.25) is 0 Å². The number of pyridine rings is 2. The minimum atomic E-state index is -0.211. The average Bonchev–Trinajstić information content (AvgIpc) is 3.77. The lowest BCUT2D eigenvalue weighted by atomic mass is 9.62. The molecule has 4 heterocycles. The van der Waals surface area contributed by atoms with E-state index in [0.29, 0.717) is 17.7 Å². The van der Waals surface area contributed by atoms with E-state index < -0.39 is 0 Å². The Morgan fingerprint density at radius 1 is 0.739 bits per heavy atom. The van der Waals surface area contributed by atoms with Gasteiger partial charge < -0.3 is 10.6 Å². The summed E-state index contributed by atoms with van der Waals surface area (Å²) in [5, 5.41) is 12.4. The highest BCUT2D eigenvalue weighted by molar-refractivity contribution is 7.13. The summed E-state index contributed by atoms with van der Waals surface area (Å²) in [4.78, 5) is 39.5. The van der Waals surface area contributed by atoms with Gasteiger partial charge in [0.1, 0.15) is 0 Å². The second-order valence-corrected chi connectivity index (χ2v) is 15.4. The maximum atomic E-state index is 14.0. The van der Waals surface area contributed by atoms with Crippen LogP contribution in [0.4, 0.5) is 0 Å². The molecule has 2 amide bonds. The predicted octanol–water partition coefficient (Wildman–Crippen LogP) is 8.98. The number of benzene rings is 2. The summed E-state index contributed by atoms with van der Waals surface area (Å²) >= 11 is 3.23. The highest BCUT2D eigenvalue weighted by Gasteiger charge is 2.42. The largest absolute Gasteiger partial charge is 0.351 e. The van der Waals surface area contributed by atoms with Crippen LogP contribution < -0.4 is 10.6 Å². The molecule has 1 fully saturated rings. The third-order valence-corrected chi connectivity index (χ3v) is 10.7. The van der Waals surface area contributed by atoms with Crippen LogP contribution in [0, 0.1) is 10.8 Å². The molecule has 4 aromatic heterocycles. The molecule has 2 unspecified atom stereocenters. The molecule has 232 valence electrons. The monoisotopic (exact) mass is 644 g/mol. The number of carbonyl (C=O) groups excluding carboxylic acids is 2. The van der Waals surface area contributed by atoms with E-state index in [2.05, 4.69) is 31.4 Å². The quantitative estimate of drug-likeness (QED) is 0.182. The molecular formula is C38H36N4O2S2. The van der Waals surface area contributed by atoms with E-state index in [0.717, 1.165) is 62.2 Å². The zero-order valence-electron chi connectivity index (χ0n) is 26.2. The first-order valence-corrected chi connectivity index (χ1v) is 17.4. The minimum absolute atomic E-state index is 0.0200. The van der Waals surface area contributed by atoms with Crippen molar-refractivity contribution in [1.29, 1.82) is 0 Å². The fourth-order valence-electron chi connectivity index (χ4n) is 7.35. The third-order valence-electron chi connectivity index (χ3n) is 8.92. The Morgan fingerprint density at radius 3 is 1.83 bits per heavy atom. The summed E-state index contributed by atoms with van der Waals surface area (Å²) in [5.74, 6) is -0.194. The summed E-state index contributed by atoms with van der Waals surface area (Å²) in [6.45, 7) is 7.25. The van der Waals surface area contributed by atoms with E-state index in [1.165, 1.54) is 0 Å². The number of rotatable bonds is 7. The van der Waals surface area contributed by atoms with Crippen molar-refractivity contribution in [2.24, 2.45) is 10.8 Å². The highest BCUT2D eigenvalue weighted by atomic mass is 32.1. The topological polar surface area (TPSA) is 84.0 Å². The van der Waals surface area contributed by atoms with Crippen molar-refractivity contribution in [3.05, 3.63) is 107 Å². The van der Waals surface area contributed by atoms with Gasteiger partial charge in [-0.1, -0.05) is 69.3 Å². The maximum absolute atomic E-state index is 14.0. The van der Waals surface area contributed by atoms with Crippen LogP contribution in [0.25, 0.3) is 42.9 Å². The van der Waals surface area contributed by atoms with Crippen molar-refractivity contribution in [2.45, 2.75) is 46.1 Å². The van der Waals surface area contributed by atoms with Crippen LogP contribution in [0.15, 0.2) is 95.7 Å². The maximum Gasteiger partial charge on any atom is 0.252 e. The lowest BCUT2D eigenvalue weighted by Gasteiger charge is -2.47. The minimum Gasteiger partial charge on any atom is -0.351 e. The number of hydrogen-bond donors (Lipinski definition) is 2.